The first-order valence-corrected chi connectivity index (χ1v) is 9.58. The van der Waals surface area contributed by atoms with E-state index in [9.17, 15) is 18.4 Å². The number of likely N-dealkylation sites (tertiary alicyclic amines) is 1. The van der Waals surface area contributed by atoms with Crippen LogP contribution in [0.3, 0.4) is 0 Å². The largest absolute Gasteiger partial charge is 0.339 e. The molecule has 1 aromatic carbocycles. The van der Waals surface area contributed by atoms with Gasteiger partial charge in [0, 0.05) is 17.7 Å². The normalized spacial score (nSPS) is 18.7. The summed E-state index contributed by atoms with van der Waals surface area (Å²) in [6, 6.07) is 8.64. The zero-order valence-corrected chi connectivity index (χ0v) is 15.6. The van der Waals surface area contributed by atoms with Gasteiger partial charge >= 0.3 is 0 Å². The second-order valence-corrected chi connectivity index (χ2v) is 7.93. The maximum absolute atomic E-state index is 13.5. The summed E-state index contributed by atoms with van der Waals surface area (Å²) in [7, 11) is 0. The van der Waals surface area contributed by atoms with Crippen LogP contribution in [0, 0.1) is 5.92 Å². The molecule has 0 unspecified atom stereocenters. The van der Waals surface area contributed by atoms with Crippen LogP contribution in [0.2, 0.25) is 0 Å². The molecule has 2 aromatic rings. The number of nitrogens with one attached hydrogen (secondary N) is 1. The number of hydrogen-bond donors (Lipinski definition) is 1. The van der Waals surface area contributed by atoms with Crippen molar-refractivity contribution in [1.29, 1.82) is 0 Å². The van der Waals surface area contributed by atoms with Crippen molar-refractivity contribution in [3.8, 4) is 0 Å². The lowest BCUT2D eigenvalue weighted by Crippen LogP contribution is -2.51. The number of rotatable bonds is 5. The number of hydrogen-bond acceptors (Lipinski definition) is 3. The standard InChI is InChI=1S/C19H22F2N2O2S/c1-3-12(2)16(18(25)23-9-8-19(20,21)11-23)22-17(24)15-10-13-6-4-5-7-14(13)26-15/h4-7,10,12,16H,3,8-9,11H2,1-2H3,(H,22,24)/t12-,16-/m0/s1. The number of alkyl halides is 2. The molecule has 3 rings (SSSR count). The maximum Gasteiger partial charge on any atom is 0.267 e. The van der Waals surface area contributed by atoms with E-state index in [-0.39, 0.29) is 24.8 Å². The van der Waals surface area contributed by atoms with E-state index in [2.05, 4.69) is 5.32 Å². The molecule has 2 heterocycles. The average molecular weight is 380 g/mol. The molecule has 7 heteroatoms. The molecule has 1 aliphatic rings. The van der Waals surface area contributed by atoms with Gasteiger partial charge in [-0.15, -0.1) is 11.3 Å². The quantitative estimate of drug-likeness (QED) is 0.855. The summed E-state index contributed by atoms with van der Waals surface area (Å²) in [5.74, 6) is -3.75. The SMILES string of the molecule is CC[C@H](C)[C@H](NC(=O)c1cc2ccccc2s1)C(=O)N1CCC(F)(F)C1. The topological polar surface area (TPSA) is 49.4 Å². The molecule has 1 fully saturated rings. The lowest BCUT2D eigenvalue weighted by atomic mass is 9.97. The van der Waals surface area contributed by atoms with Crippen LogP contribution in [0.15, 0.2) is 30.3 Å². The van der Waals surface area contributed by atoms with E-state index in [1.807, 2.05) is 38.1 Å². The highest BCUT2D eigenvalue weighted by molar-refractivity contribution is 7.20. The van der Waals surface area contributed by atoms with Gasteiger partial charge in [-0.05, 0) is 23.4 Å². The van der Waals surface area contributed by atoms with Crippen molar-refractivity contribution in [2.45, 2.75) is 38.7 Å². The lowest BCUT2D eigenvalue weighted by Gasteiger charge is -2.27. The van der Waals surface area contributed by atoms with E-state index in [4.69, 9.17) is 0 Å². The van der Waals surface area contributed by atoms with Crippen LogP contribution in [0.5, 0.6) is 0 Å². The second-order valence-electron chi connectivity index (χ2n) is 6.85. The number of benzene rings is 1. The third-order valence-electron chi connectivity index (χ3n) is 4.90. The smallest absolute Gasteiger partial charge is 0.267 e. The molecule has 140 valence electrons. The van der Waals surface area contributed by atoms with Gasteiger partial charge in [-0.2, -0.15) is 0 Å². The number of fused-ring (bicyclic) bond motifs is 1. The molecule has 1 aromatic heterocycles. The first-order chi connectivity index (χ1) is 12.3. The molecule has 2 amide bonds. The molecule has 0 aliphatic carbocycles. The van der Waals surface area contributed by atoms with Crippen molar-refractivity contribution in [1.82, 2.24) is 10.2 Å². The van der Waals surface area contributed by atoms with Gasteiger partial charge in [-0.25, -0.2) is 8.78 Å². The summed E-state index contributed by atoms with van der Waals surface area (Å²) >= 11 is 1.35. The zero-order chi connectivity index (χ0) is 18.9. The Morgan fingerprint density at radius 2 is 2.08 bits per heavy atom. The maximum atomic E-state index is 13.5. The molecule has 0 saturated carbocycles. The van der Waals surface area contributed by atoms with Crippen LogP contribution >= 0.6 is 11.3 Å². The molecule has 4 nitrogen and oxygen atoms in total. The number of halogens is 2. The highest BCUT2D eigenvalue weighted by Gasteiger charge is 2.43. The van der Waals surface area contributed by atoms with E-state index in [0.717, 1.165) is 10.1 Å². The van der Waals surface area contributed by atoms with Gasteiger partial charge in [0.1, 0.15) is 6.04 Å². The second kappa shape index (κ2) is 7.31. The van der Waals surface area contributed by atoms with Crippen molar-refractivity contribution in [3.63, 3.8) is 0 Å². The fourth-order valence-electron chi connectivity index (χ4n) is 3.11. The summed E-state index contributed by atoms with van der Waals surface area (Å²) in [6.07, 6.45) is 0.337. The van der Waals surface area contributed by atoms with Crippen LogP contribution in [0.1, 0.15) is 36.4 Å². The van der Waals surface area contributed by atoms with E-state index >= 15 is 0 Å². The molecule has 26 heavy (non-hydrogen) atoms. The van der Waals surface area contributed by atoms with E-state index in [1.165, 1.54) is 16.2 Å². The molecule has 0 radical (unpaired) electrons. The fourth-order valence-corrected chi connectivity index (χ4v) is 4.08. The average Bonchev–Trinajstić information content (AvgIpc) is 3.21. The molecule has 1 N–H and O–H groups in total. The van der Waals surface area contributed by atoms with Gasteiger partial charge in [-0.3, -0.25) is 9.59 Å². The van der Waals surface area contributed by atoms with Crippen LogP contribution in [0.25, 0.3) is 10.1 Å². The Kier molecular flexibility index (Phi) is 5.27. The monoisotopic (exact) mass is 380 g/mol. The Morgan fingerprint density at radius 1 is 1.35 bits per heavy atom. The van der Waals surface area contributed by atoms with Gasteiger partial charge in [0.05, 0.1) is 11.4 Å². The van der Waals surface area contributed by atoms with Gasteiger partial charge in [0.25, 0.3) is 11.8 Å². The predicted molar refractivity (Wildman–Crippen MR) is 98.7 cm³/mol. The minimum absolute atomic E-state index is 0.0253. The van der Waals surface area contributed by atoms with Crippen molar-refractivity contribution >= 4 is 33.2 Å². The first kappa shape index (κ1) is 18.8. The Labute approximate surface area is 155 Å². The van der Waals surface area contributed by atoms with Crippen LogP contribution < -0.4 is 5.32 Å². The molecule has 1 saturated heterocycles. The third kappa shape index (κ3) is 3.87. The summed E-state index contributed by atoms with van der Waals surface area (Å²) in [4.78, 5) is 27.1. The molecular weight excluding hydrogens is 358 g/mol. The number of carbonyl (C=O) groups is 2. The van der Waals surface area contributed by atoms with Gasteiger partial charge in [0.2, 0.25) is 5.91 Å². The fraction of sp³-hybridized carbons (Fsp3) is 0.474. The van der Waals surface area contributed by atoms with Crippen LogP contribution in [0.4, 0.5) is 8.78 Å². The summed E-state index contributed by atoms with van der Waals surface area (Å²) < 4.78 is 27.9. The summed E-state index contributed by atoms with van der Waals surface area (Å²) in [5.41, 5.74) is 0. The van der Waals surface area contributed by atoms with E-state index in [1.54, 1.807) is 6.07 Å². The van der Waals surface area contributed by atoms with Crippen molar-refractivity contribution in [2.75, 3.05) is 13.1 Å². The van der Waals surface area contributed by atoms with Gasteiger partial charge < -0.3 is 10.2 Å². The Hall–Kier alpha value is -2.02. The van der Waals surface area contributed by atoms with Gasteiger partial charge in [-0.1, -0.05) is 38.5 Å². The number of thiophene rings is 1. The summed E-state index contributed by atoms with van der Waals surface area (Å²) in [6.45, 7) is 3.21. The lowest BCUT2D eigenvalue weighted by molar-refractivity contribution is -0.135. The van der Waals surface area contributed by atoms with E-state index < -0.39 is 24.4 Å². The van der Waals surface area contributed by atoms with Crippen molar-refractivity contribution < 1.29 is 18.4 Å². The molecule has 1 aliphatic heterocycles. The number of amides is 2. The Balaban J connectivity index is 1.77. The summed E-state index contributed by atoms with van der Waals surface area (Å²) in [5, 5.41) is 3.75. The molecule has 2 atom stereocenters. The number of nitrogens with zero attached hydrogens (tertiary/aromatic N) is 1. The minimum Gasteiger partial charge on any atom is -0.339 e. The van der Waals surface area contributed by atoms with Crippen LogP contribution in [-0.2, 0) is 4.79 Å². The molecule has 0 spiro atoms. The molecule has 0 bridgehead atoms. The highest BCUT2D eigenvalue weighted by Crippen LogP contribution is 2.29. The first-order valence-electron chi connectivity index (χ1n) is 8.77. The zero-order valence-electron chi connectivity index (χ0n) is 14.8. The number of carbonyl (C=O) groups excluding carboxylic acids is 2. The molecular formula is C19H22F2N2O2S. The van der Waals surface area contributed by atoms with Crippen LogP contribution in [-0.4, -0.2) is 41.8 Å². The minimum atomic E-state index is -2.84. The van der Waals surface area contributed by atoms with Gasteiger partial charge in [0.15, 0.2) is 0 Å². The highest BCUT2D eigenvalue weighted by atomic mass is 32.1. The Morgan fingerprint density at radius 3 is 2.69 bits per heavy atom. The Bertz CT molecular complexity index is 788. The third-order valence-corrected chi connectivity index (χ3v) is 6.01. The van der Waals surface area contributed by atoms with Crippen molar-refractivity contribution in [3.05, 3.63) is 35.2 Å². The van der Waals surface area contributed by atoms with E-state index in [0.29, 0.717) is 11.3 Å². The van der Waals surface area contributed by atoms with Crippen molar-refractivity contribution in [2.24, 2.45) is 5.92 Å². The predicted octanol–water partition coefficient (Wildman–Crippen LogP) is 3.91.